The van der Waals surface area contributed by atoms with E-state index in [9.17, 15) is 21.6 Å². The standard InChI is InChI=1S/C18H15NO6S3/c1-25-18(20)17-16(12-13-26-17)19(27(21,22)14-8-4-2-5-9-14)28(23,24)15-10-6-3-7-11-15/h2-13H,1H3. The van der Waals surface area contributed by atoms with Crippen LogP contribution in [-0.2, 0) is 24.8 Å². The number of sulfonamides is 2. The van der Waals surface area contributed by atoms with E-state index in [0.717, 1.165) is 18.4 Å². The number of anilines is 1. The molecule has 28 heavy (non-hydrogen) atoms. The van der Waals surface area contributed by atoms with Crippen LogP contribution in [-0.4, -0.2) is 29.9 Å². The summed E-state index contributed by atoms with van der Waals surface area (Å²) in [5, 5.41) is 1.43. The summed E-state index contributed by atoms with van der Waals surface area (Å²) in [4.78, 5) is 11.5. The van der Waals surface area contributed by atoms with Crippen molar-refractivity contribution in [1.82, 2.24) is 0 Å². The van der Waals surface area contributed by atoms with E-state index < -0.39 is 26.0 Å². The van der Waals surface area contributed by atoms with Crippen molar-refractivity contribution in [2.75, 3.05) is 10.8 Å². The molecule has 0 N–H and O–H groups in total. The minimum Gasteiger partial charge on any atom is -0.465 e. The van der Waals surface area contributed by atoms with Gasteiger partial charge >= 0.3 is 5.97 Å². The van der Waals surface area contributed by atoms with Gasteiger partial charge in [0.1, 0.15) is 4.88 Å². The Bertz CT molecular complexity index is 1120. The molecule has 1 aromatic heterocycles. The molecule has 7 nitrogen and oxygen atoms in total. The van der Waals surface area contributed by atoms with E-state index in [0.29, 0.717) is 0 Å². The normalized spacial score (nSPS) is 11.8. The van der Waals surface area contributed by atoms with Gasteiger partial charge in [-0.3, -0.25) is 0 Å². The Balaban J connectivity index is 2.31. The smallest absolute Gasteiger partial charge is 0.350 e. The predicted octanol–water partition coefficient (Wildman–Crippen LogP) is 3.12. The zero-order valence-electron chi connectivity index (χ0n) is 14.5. The van der Waals surface area contributed by atoms with Gasteiger partial charge in [0.2, 0.25) is 0 Å². The number of carbonyl (C=O) groups is 1. The molecule has 10 heteroatoms. The molecular weight excluding hydrogens is 422 g/mol. The van der Waals surface area contributed by atoms with Crippen molar-refractivity contribution in [2.45, 2.75) is 9.79 Å². The first kappa shape index (κ1) is 20.1. The summed E-state index contributed by atoms with van der Waals surface area (Å²) >= 11 is 0.888. The molecule has 2 aromatic carbocycles. The van der Waals surface area contributed by atoms with Gasteiger partial charge in [-0.2, -0.15) is 3.71 Å². The van der Waals surface area contributed by atoms with Crippen LogP contribution < -0.4 is 3.71 Å². The summed E-state index contributed by atoms with van der Waals surface area (Å²) in [5.74, 6) is -0.832. The molecule has 0 amide bonds. The number of ether oxygens (including phenoxy) is 1. The van der Waals surface area contributed by atoms with Gasteiger partial charge in [0.05, 0.1) is 22.6 Å². The lowest BCUT2D eigenvalue weighted by molar-refractivity contribution is 0.0607. The maximum Gasteiger partial charge on any atom is 0.350 e. The van der Waals surface area contributed by atoms with E-state index in [-0.39, 0.29) is 24.1 Å². The number of methoxy groups -OCH3 is 1. The predicted molar refractivity (Wildman–Crippen MR) is 105 cm³/mol. The highest BCUT2D eigenvalue weighted by Crippen LogP contribution is 2.36. The number of hydrogen-bond acceptors (Lipinski definition) is 7. The summed E-state index contributed by atoms with van der Waals surface area (Å²) in [5.41, 5.74) is -0.287. The molecule has 0 spiro atoms. The Labute approximate surface area is 166 Å². The monoisotopic (exact) mass is 437 g/mol. The number of esters is 1. The second-order valence-electron chi connectivity index (χ2n) is 5.46. The Kier molecular flexibility index (Phi) is 5.54. The van der Waals surface area contributed by atoms with Gasteiger partial charge in [0, 0.05) is 0 Å². The lowest BCUT2D eigenvalue weighted by Crippen LogP contribution is -2.37. The SMILES string of the molecule is COC(=O)c1sccc1N(S(=O)(=O)c1ccccc1)S(=O)(=O)c1ccccc1. The Hall–Kier alpha value is -2.69. The number of nitrogens with zero attached hydrogens (tertiary/aromatic N) is 1. The maximum atomic E-state index is 13.3. The zero-order chi connectivity index (χ0) is 20.4. The molecule has 1 heterocycles. The van der Waals surface area contributed by atoms with Crippen molar-refractivity contribution < 1.29 is 26.4 Å². The van der Waals surface area contributed by atoms with Crippen LogP contribution in [0.1, 0.15) is 9.67 Å². The Morgan fingerprint density at radius 2 is 1.29 bits per heavy atom. The van der Waals surface area contributed by atoms with Gasteiger partial charge in [-0.1, -0.05) is 36.4 Å². The largest absolute Gasteiger partial charge is 0.465 e. The second kappa shape index (κ2) is 7.74. The fourth-order valence-corrected chi connectivity index (χ4v) is 7.12. The van der Waals surface area contributed by atoms with E-state index in [1.165, 1.54) is 60.0 Å². The lowest BCUT2D eigenvalue weighted by atomic mass is 10.4. The first-order chi connectivity index (χ1) is 13.3. The molecule has 0 aliphatic heterocycles. The van der Waals surface area contributed by atoms with E-state index in [4.69, 9.17) is 0 Å². The summed E-state index contributed by atoms with van der Waals surface area (Å²) < 4.78 is 58.2. The van der Waals surface area contributed by atoms with Gasteiger partial charge in [0.15, 0.2) is 0 Å². The Morgan fingerprint density at radius 1 is 0.821 bits per heavy atom. The third-order valence-corrected chi connectivity index (χ3v) is 8.79. The molecule has 146 valence electrons. The van der Waals surface area contributed by atoms with Crippen LogP contribution in [0.5, 0.6) is 0 Å². The summed E-state index contributed by atoms with van der Waals surface area (Å²) in [6.07, 6.45) is 0. The number of benzene rings is 2. The third-order valence-electron chi connectivity index (χ3n) is 3.73. The molecule has 0 saturated carbocycles. The van der Waals surface area contributed by atoms with Crippen molar-refractivity contribution >= 4 is 43.0 Å². The van der Waals surface area contributed by atoms with Crippen LogP contribution in [0.25, 0.3) is 0 Å². The molecule has 0 aliphatic carbocycles. The van der Waals surface area contributed by atoms with Crippen LogP contribution >= 0.6 is 11.3 Å². The molecule has 0 aliphatic rings. The quantitative estimate of drug-likeness (QED) is 0.550. The molecule has 0 saturated heterocycles. The molecule has 0 unspecified atom stereocenters. The van der Waals surface area contributed by atoms with Gasteiger partial charge in [-0.05, 0) is 35.7 Å². The molecule has 3 aromatic rings. The minimum atomic E-state index is -4.55. The number of thiophene rings is 1. The maximum absolute atomic E-state index is 13.3. The number of carbonyl (C=O) groups excluding carboxylic acids is 1. The molecular formula is C18H15NO6S3. The van der Waals surface area contributed by atoms with Crippen molar-refractivity contribution in [1.29, 1.82) is 0 Å². The topological polar surface area (TPSA) is 97.8 Å². The molecule has 0 bridgehead atoms. The van der Waals surface area contributed by atoms with Crippen LogP contribution in [0.3, 0.4) is 0 Å². The van der Waals surface area contributed by atoms with Crippen LogP contribution in [0.15, 0.2) is 81.9 Å². The van der Waals surface area contributed by atoms with Crippen molar-refractivity contribution in [3.63, 3.8) is 0 Å². The van der Waals surface area contributed by atoms with Gasteiger partial charge < -0.3 is 4.74 Å². The molecule has 0 atom stereocenters. The van der Waals surface area contributed by atoms with E-state index in [1.807, 2.05) is 0 Å². The first-order valence-electron chi connectivity index (χ1n) is 7.86. The van der Waals surface area contributed by atoms with E-state index in [1.54, 1.807) is 12.1 Å². The van der Waals surface area contributed by atoms with Gasteiger partial charge in [-0.15, -0.1) is 11.3 Å². The zero-order valence-corrected chi connectivity index (χ0v) is 17.0. The van der Waals surface area contributed by atoms with Gasteiger partial charge in [-0.25, -0.2) is 21.6 Å². The second-order valence-corrected chi connectivity index (χ2v) is 10.2. The average molecular weight is 438 g/mol. The Morgan fingerprint density at radius 3 is 1.71 bits per heavy atom. The highest BCUT2D eigenvalue weighted by atomic mass is 32.3. The van der Waals surface area contributed by atoms with Crippen LogP contribution in [0.4, 0.5) is 5.69 Å². The van der Waals surface area contributed by atoms with Crippen molar-refractivity contribution in [3.05, 3.63) is 77.0 Å². The fourth-order valence-electron chi connectivity index (χ4n) is 2.46. The fraction of sp³-hybridized carbons (Fsp3) is 0.0556. The highest BCUT2D eigenvalue weighted by molar-refractivity contribution is 8.10. The molecule has 3 rings (SSSR count). The summed E-state index contributed by atoms with van der Waals surface area (Å²) in [6, 6.07) is 15.5. The summed E-state index contributed by atoms with van der Waals surface area (Å²) in [6.45, 7) is 0. The lowest BCUT2D eigenvalue weighted by Gasteiger charge is -2.24. The van der Waals surface area contributed by atoms with Crippen molar-refractivity contribution in [2.24, 2.45) is 0 Å². The van der Waals surface area contributed by atoms with E-state index in [2.05, 4.69) is 4.74 Å². The van der Waals surface area contributed by atoms with Crippen molar-refractivity contribution in [3.8, 4) is 0 Å². The van der Waals surface area contributed by atoms with Gasteiger partial charge in [0.25, 0.3) is 20.0 Å². The average Bonchev–Trinajstić information content (AvgIpc) is 3.17. The number of hydrogen-bond donors (Lipinski definition) is 0. The minimum absolute atomic E-state index is 0.137. The van der Waals surface area contributed by atoms with Crippen LogP contribution in [0, 0.1) is 0 Å². The molecule has 0 radical (unpaired) electrons. The molecule has 0 fully saturated rings. The third kappa shape index (κ3) is 3.53. The van der Waals surface area contributed by atoms with E-state index >= 15 is 0 Å². The van der Waals surface area contributed by atoms with Crippen LogP contribution in [0.2, 0.25) is 0 Å². The highest BCUT2D eigenvalue weighted by Gasteiger charge is 2.39. The first-order valence-corrected chi connectivity index (χ1v) is 11.6. The summed E-state index contributed by atoms with van der Waals surface area (Å²) in [7, 11) is -7.97. The number of rotatable bonds is 6.